The molecule has 2 atom stereocenters. The highest BCUT2D eigenvalue weighted by Gasteiger charge is 2.37. The highest BCUT2D eigenvalue weighted by Crippen LogP contribution is 2.32. The van der Waals surface area contributed by atoms with Gasteiger partial charge in [-0.1, -0.05) is 30.3 Å². The van der Waals surface area contributed by atoms with E-state index >= 15 is 0 Å². The molecule has 1 fully saturated rings. The van der Waals surface area contributed by atoms with Gasteiger partial charge in [-0.3, -0.25) is 4.79 Å². The van der Waals surface area contributed by atoms with E-state index in [2.05, 4.69) is 34.4 Å². The van der Waals surface area contributed by atoms with Gasteiger partial charge in [0.05, 0.1) is 5.92 Å². The maximum Gasteiger partial charge on any atom is 0.231 e. The minimum Gasteiger partial charge on any atom is -0.305 e. The van der Waals surface area contributed by atoms with Gasteiger partial charge in [-0.2, -0.15) is 0 Å². The van der Waals surface area contributed by atoms with Crippen LogP contribution in [0.1, 0.15) is 11.5 Å². The van der Waals surface area contributed by atoms with Crippen molar-refractivity contribution in [2.45, 2.75) is 5.92 Å². The molecule has 0 bridgehead atoms. The van der Waals surface area contributed by atoms with Gasteiger partial charge in [-0.15, -0.1) is 11.3 Å². The van der Waals surface area contributed by atoms with Crippen molar-refractivity contribution in [3.63, 3.8) is 0 Å². The Bertz CT molecular complexity index is 570. The van der Waals surface area contributed by atoms with E-state index in [0.29, 0.717) is 5.13 Å². The van der Waals surface area contributed by atoms with Crippen LogP contribution in [0.25, 0.3) is 0 Å². The summed E-state index contributed by atoms with van der Waals surface area (Å²) in [6.45, 7) is 1.71. The molecule has 1 aromatic carbocycles. The van der Waals surface area contributed by atoms with E-state index in [1.165, 1.54) is 16.9 Å². The lowest BCUT2D eigenvalue weighted by atomic mass is 9.88. The number of aromatic nitrogens is 1. The lowest BCUT2D eigenvalue weighted by Crippen LogP contribution is -2.28. The Hall–Kier alpha value is -1.72. The molecular formula is C15H17N3OS. The predicted octanol–water partition coefficient (Wildman–Crippen LogP) is 2.43. The number of likely N-dealkylation sites (N-methyl/N-ethyl adjacent to an activating group) is 1. The van der Waals surface area contributed by atoms with Crippen molar-refractivity contribution < 1.29 is 4.79 Å². The van der Waals surface area contributed by atoms with Gasteiger partial charge < -0.3 is 10.2 Å². The topological polar surface area (TPSA) is 45.2 Å². The molecule has 1 aliphatic heterocycles. The van der Waals surface area contributed by atoms with Gasteiger partial charge in [0.15, 0.2) is 5.13 Å². The molecule has 1 N–H and O–H groups in total. The van der Waals surface area contributed by atoms with Gasteiger partial charge in [-0.25, -0.2) is 4.98 Å². The molecular weight excluding hydrogens is 270 g/mol. The van der Waals surface area contributed by atoms with Crippen LogP contribution in [0, 0.1) is 5.92 Å². The molecule has 1 aromatic heterocycles. The largest absolute Gasteiger partial charge is 0.305 e. The van der Waals surface area contributed by atoms with Crippen molar-refractivity contribution in [1.82, 2.24) is 9.88 Å². The Morgan fingerprint density at radius 3 is 2.85 bits per heavy atom. The first kappa shape index (κ1) is 13.3. The molecule has 3 rings (SSSR count). The molecule has 0 aliphatic carbocycles. The number of carbonyl (C=O) groups excluding carboxylic acids is 1. The van der Waals surface area contributed by atoms with Crippen LogP contribution in [0.5, 0.6) is 0 Å². The average molecular weight is 287 g/mol. The monoisotopic (exact) mass is 287 g/mol. The van der Waals surface area contributed by atoms with Crippen LogP contribution in [0.15, 0.2) is 41.9 Å². The van der Waals surface area contributed by atoms with Crippen molar-refractivity contribution in [2.75, 3.05) is 25.5 Å². The zero-order valence-corrected chi connectivity index (χ0v) is 12.1. The van der Waals surface area contributed by atoms with Crippen LogP contribution in [-0.4, -0.2) is 35.9 Å². The molecule has 1 aliphatic rings. The molecule has 2 heterocycles. The van der Waals surface area contributed by atoms with E-state index in [1.54, 1.807) is 6.20 Å². The maximum atomic E-state index is 12.5. The fraction of sp³-hybridized carbons (Fsp3) is 0.333. The van der Waals surface area contributed by atoms with Gasteiger partial charge >= 0.3 is 0 Å². The summed E-state index contributed by atoms with van der Waals surface area (Å²) < 4.78 is 0. The molecule has 1 amide bonds. The number of likely N-dealkylation sites (tertiary alicyclic amines) is 1. The minimum absolute atomic E-state index is 0.0219. The van der Waals surface area contributed by atoms with E-state index in [4.69, 9.17) is 0 Å². The van der Waals surface area contributed by atoms with Gasteiger partial charge in [0.2, 0.25) is 5.91 Å². The SMILES string of the molecule is CN1CC(C(=O)Nc2nccs2)C(c2ccccc2)C1. The number of nitrogens with one attached hydrogen (secondary N) is 1. The summed E-state index contributed by atoms with van der Waals surface area (Å²) >= 11 is 1.45. The second kappa shape index (κ2) is 5.73. The highest BCUT2D eigenvalue weighted by atomic mass is 32.1. The van der Waals surface area contributed by atoms with Gasteiger partial charge in [0, 0.05) is 30.6 Å². The normalized spacial score (nSPS) is 22.9. The van der Waals surface area contributed by atoms with Crippen LogP contribution in [0.3, 0.4) is 0 Å². The Balaban J connectivity index is 1.78. The summed E-state index contributed by atoms with van der Waals surface area (Å²) in [7, 11) is 2.06. The number of rotatable bonds is 3. The van der Waals surface area contributed by atoms with Gasteiger partial charge in [0.1, 0.15) is 0 Å². The number of benzene rings is 1. The molecule has 0 spiro atoms. The zero-order chi connectivity index (χ0) is 13.9. The van der Waals surface area contributed by atoms with Crippen molar-refractivity contribution >= 4 is 22.4 Å². The third-order valence-corrected chi connectivity index (χ3v) is 4.42. The number of amides is 1. The van der Waals surface area contributed by atoms with Crippen molar-refractivity contribution in [2.24, 2.45) is 5.92 Å². The molecule has 0 radical (unpaired) electrons. The van der Waals surface area contributed by atoms with Crippen LogP contribution >= 0.6 is 11.3 Å². The summed E-state index contributed by atoms with van der Waals surface area (Å²) in [5.41, 5.74) is 1.23. The molecule has 5 heteroatoms. The molecule has 104 valence electrons. The van der Waals surface area contributed by atoms with E-state index in [0.717, 1.165) is 13.1 Å². The first-order valence-electron chi connectivity index (χ1n) is 6.68. The number of hydrogen-bond acceptors (Lipinski definition) is 4. The first-order valence-corrected chi connectivity index (χ1v) is 7.56. The van der Waals surface area contributed by atoms with E-state index in [1.807, 2.05) is 23.6 Å². The number of hydrogen-bond donors (Lipinski definition) is 1. The Morgan fingerprint density at radius 2 is 2.15 bits per heavy atom. The number of nitrogens with zero attached hydrogens (tertiary/aromatic N) is 2. The molecule has 2 aromatic rings. The summed E-state index contributed by atoms with van der Waals surface area (Å²) in [4.78, 5) is 18.8. The number of thiazole rings is 1. The van der Waals surface area contributed by atoms with E-state index in [9.17, 15) is 4.79 Å². The molecule has 0 saturated carbocycles. The maximum absolute atomic E-state index is 12.5. The summed E-state index contributed by atoms with van der Waals surface area (Å²) in [6, 6.07) is 10.3. The standard InChI is InChI=1S/C15H17N3OS/c1-18-9-12(11-5-3-2-4-6-11)13(10-18)14(19)17-15-16-7-8-20-15/h2-8,12-13H,9-10H2,1H3,(H,16,17,19). The number of carbonyl (C=O) groups is 1. The Kier molecular flexibility index (Phi) is 3.80. The summed E-state index contributed by atoms with van der Waals surface area (Å²) in [5.74, 6) is 0.297. The third-order valence-electron chi connectivity index (χ3n) is 3.73. The highest BCUT2D eigenvalue weighted by molar-refractivity contribution is 7.13. The minimum atomic E-state index is -0.0219. The Morgan fingerprint density at radius 1 is 1.35 bits per heavy atom. The van der Waals surface area contributed by atoms with Crippen LogP contribution < -0.4 is 5.32 Å². The third kappa shape index (κ3) is 2.73. The second-order valence-electron chi connectivity index (χ2n) is 5.17. The van der Waals surface area contributed by atoms with Gasteiger partial charge in [-0.05, 0) is 12.6 Å². The summed E-state index contributed by atoms with van der Waals surface area (Å²) in [6.07, 6.45) is 1.70. The first-order chi connectivity index (χ1) is 9.74. The van der Waals surface area contributed by atoms with E-state index in [-0.39, 0.29) is 17.7 Å². The smallest absolute Gasteiger partial charge is 0.231 e. The fourth-order valence-electron chi connectivity index (χ4n) is 2.79. The zero-order valence-electron chi connectivity index (χ0n) is 11.3. The van der Waals surface area contributed by atoms with Crippen molar-refractivity contribution in [3.05, 3.63) is 47.5 Å². The second-order valence-corrected chi connectivity index (χ2v) is 6.07. The lowest BCUT2D eigenvalue weighted by molar-refractivity contribution is -0.119. The van der Waals surface area contributed by atoms with Crippen LogP contribution in [0.2, 0.25) is 0 Å². The fourth-order valence-corrected chi connectivity index (χ4v) is 3.32. The quantitative estimate of drug-likeness (QED) is 0.943. The summed E-state index contributed by atoms with van der Waals surface area (Å²) in [5, 5.41) is 5.47. The predicted molar refractivity (Wildman–Crippen MR) is 80.9 cm³/mol. The molecule has 1 saturated heterocycles. The van der Waals surface area contributed by atoms with E-state index < -0.39 is 0 Å². The lowest BCUT2D eigenvalue weighted by Gasteiger charge is -2.17. The molecule has 2 unspecified atom stereocenters. The van der Waals surface area contributed by atoms with Gasteiger partial charge in [0.25, 0.3) is 0 Å². The van der Waals surface area contributed by atoms with Crippen molar-refractivity contribution in [3.8, 4) is 0 Å². The molecule has 20 heavy (non-hydrogen) atoms. The van der Waals surface area contributed by atoms with Crippen LogP contribution in [0.4, 0.5) is 5.13 Å². The average Bonchev–Trinajstić information content (AvgIpc) is 3.09. The van der Waals surface area contributed by atoms with Crippen molar-refractivity contribution in [1.29, 1.82) is 0 Å². The molecule has 4 nitrogen and oxygen atoms in total. The number of anilines is 1. The van der Waals surface area contributed by atoms with Crippen LogP contribution in [-0.2, 0) is 4.79 Å². The Labute approximate surface area is 122 Å².